The Morgan fingerprint density at radius 3 is 2.50 bits per heavy atom. The Labute approximate surface area is 111 Å². The third-order valence-corrected chi connectivity index (χ3v) is 4.45. The van der Waals surface area contributed by atoms with E-state index in [9.17, 15) is 0 Å². The molecule has 0 saturated heterocycles. The molecule has 0 spiro atoms. The maximum absolute atomic E-state index is 3.46. The second-order valence-electron chi connectivity index (χ2n) is 5.71. The SMILES string of the molecule is CNC(CN(C)C1CCC1)c1ccc(C)c(C)c1. The molecular formula is C16H26N2. The molecule has 1 unspecified atom stereocenters. The summed E-state index contributed by atoms with van der Waals surface area (Å²) in [6.07, 6.45) is 4.16. The summed E-state index contributed by atoms with van der Waals surface area (Å²) in [7, 11) is 4.32. The fourth-order valence-electron chi connectivity index (χ4n) is 2.61. The number of nitrogens with zero attached hydrogens (tertiary/aromatic N) is 1. The molecule has 1 aromatic rings. The predicted molar refractivity (Wildman–Crippen MR) is 78.0 cm³/mol. The molecule has 1 atom stereocenters. The maximum atomic E-state index is 3.46. The lowest BCUT2D eigenvalue weighted by molar-refractivity contribution is 0.147. The summed E-state index contributed by atoms with van der Waals surface area (Å²) in [5, 5.41) is 3.46. The highest BCUT2D eigenvalue weighted by Gasteiger charge is 2.24. The van der Waals surface area contributed by atoms with Crippen molar-refractivity contribution in [2.75, 3.05) is 20.6 Å². The predicted octanol–water partition coefficient (Wildman–Crippen LogP) is 3.05. The van der Waals surface area contributed by atoms with Crippen LogP contribution in [-0.4, -0.2) is 31.6 Å². The highest BCUT2D eigenvalue weighted by atomic mass is 15.2. The van der Waals surface area contributed by atoms with Crippen molar-refractivity contribution in [3.8, 4) is 0 Å². The number of nitrogens with one attached hydrogen (secondary N) is 1. The third kappa shape index (κ3) is 2.93. The second-order valence-corrected chi connectivity index (χ2v) is 5.71. The van der Waals surface area contributed by atoms with Gasteiger partial charge in [0.2, 0.25) is 0 Å². The first-order chi connectivity index (χ1) is 8.61. The van der Waals surface area contributed by atoms with E-state index in [1.165, 1.54) is 36.0 Å². The molecular weight excluding hydrogens is 220 g/mol. The molecule has 18 heavy (non-hydrogen) atoms. The highest BCUT2D eigenvalue weighted by Crippen LogP contribution is 2.26. The van der Waals surface area contributed by atoms with Crippen LogP contribution in [0, 0.1) is 13.8 Å². The van der Waals surface area contributed by atoms with Crippen LogP contribution in [0.15, 0.2) is 18.2 Å². The average molecular weight is 246 g/mol. The first kappa shape index (κ1) is 13.6. The van der Waals surface area contributed by atoms with Crippen molar-refractivity contribution < 1.29 is 0 Å². The van der Waals surface area contributed by atoms with Crippen LogP contribution in [0.5, 0.6) is 0 Å². The standard InChI is InChI=1S/C16H26N2/c1-12-8-9-14(10-13(12)2)16(17-3)11-18(4)15-6-5-7-15/h8-10,15-17H,5-7,11H2,1-4H3. The lowest BCUT2D eigenvalue weighted by Crippen LogP contribution is -2.41. The number of rotatable bonds is 5. The molecule has 0 heterocycles. The van der Waals surface area contributed by atoms with Gasteiger partial charge >= 0.3 is 0 Å². The Balaban J connectivity index is 2.04. The van der Waals surface area contributed by atoms with Crippen molar-refractivity contribution >= 4 is 0 Å². The summed E-state index contributed by atoms with van der Waals surface area (Å²) in [6, 6.07) is 8.07. The lowest BCUT2D eigenvalue weighted by atomic mass is 9.91. The molecule has 0 radical (unpaired) electrons. The molecule has 2 heteroatoms. The molecule has 2 rings (SSSR count). The molecule has 0 aliphatic heterocycles. The fraction of sp³-hybridized carbons (Fsp3) is 0.625. The summed E-state index contributed by atoms with van der Waals surface area (Å²) in [5.41, 5.74) is 4.17. The van der Waals surface area contributed by atoms with Gasteiger partial charge in [-0.15, -0.1) is 0 Å². The van der Waals surface area contributed by atoms with Gasteiger partial charge in [0, 0.05) is 18.6 Å². The van der Waals surface area contributed by atoms with Crippen LogP contribution in [0.3, 0.4) is 0 Å². The number of hydrogen-bond acceptors (Lipinski definition) is 2. The van der Waals surface area contributed by atoms with E-state index in [1.807, 2.05) is 0 Å². The second kappa shape index (κ2) is 5.85. The largest absolute Gasteiger partial charge is 0.312 e. The van der Waals surface area contributed by atoms with E-state index in [0.717, 1.165) is 12.6 Å². The fourth-order valence-corrected chi connectivity index (χ4v) is 2.61. The number of likely N-dealkylation sites (N-methyl/N-ethyl adjacent to an activating group) is 2. The monoisotopic (exact) mass is 246 g/mol. The van der Waals surface area contributed by atoms with Crippen molar-refractivity contribution in [2.24, 2.45) is 0 Å². The zero-order valence-electron chi connectivity index (χ0n) is 12.2. The summed E-state index contributed by atoms with van der Waals surface area (Å²) in [5.74, 6) is 0. The van der Waals surface area contributed by atoms with Gasteiger partial charge in [-0.05, 0) is 57.5 Å². The van der Waals surface area contributed by atoms with Crippen molar-refractivity contribution in [2.45, 2.75) is 45.2 Å². The first-order valence-electron chi connectivity index (χ1n) is 7.06. The Hall–Kier alpha value is -0.860. The van der Waals surface area contributed by atoms with E-state index in [-0.39, 0.29) is 0 Å². The van der Waals surface area contributed by atoms with E-state index in [0.29, 0.717) is 6.04 Å². The van der Waals surface area contributed by atoms with E-state index in [4.69, 9.17) is 0 Å². The van der Waals surface area contributed by atoms with E-state index in [2.05, 4.69) is 56.4 Å². The number of aryl methyl sites for hydroxylation is 2. The molecule has 1 saturated carbocycles. The minimum atomic E-state index is 0.440. The molecule has 2 nitrogen and oxygen atoms in total. The molecule has 0 amide bonds. The van der Waals surface area contributed by atoms with Gasteiger partial charge in [0.25, 0.3) is 0 Å². The smallest absolute Gasteiger partial charge is 0.0446 e. The van der Waals surface area contributed by atoms with Gasteiger partial charge in [-0.3, -0.25) is 0 Å². The Bertz CT molecular complexity index is 396. The van der Waals surface area contributed by atoms with Gasteiger partial charge in [0.05, 0.1) is 0 Å². The van der Waals surface area contributed by atoms with Gasteiger partial charge in [-0.2, -0.15) is 0 Å². The molecule has 0 bridgehead atoms. The molecule has 1 N–H and O–H groups in total. The Morgan fingerprint density at radius 1 is 1.28 bits per heavy atom. The van der Waals surface area contributed by atoms with Crippen LogP contribution in [0.1, 0.15) is 42.0 Å². The van der Waals surface area contributed by atoms with Crippen molar-refractivity contribution in [3.63, 3.8) is 0 Å². The normalized spacial score (nSPS) is 17.8. The van der Waals surface area contributed by atoms with Crippen molar-refractivity contribution in [3.05, 3.63) is 34.9 Å². The van der Waals surface area contributed by atoms with Crippen LogP contribution < -0.4 is 5.32 Å². The molecule has 1 aromatic carbocycles. The molecule has 0 aromatic heterocycles. The van der Waals surface area contributed by atoms with Crippen LogP contribution >= 0.6 is 0 Å². The van der Waals surface area contributed by atoms with E-state index >= 15 is 0 Å². The van der Waals surface area contributed by atoms with Gasteiger partial charge < -0.3 is 10.2 Å². The zero-order chi connectivity index (χ0) is 13.1. The lowest BCUT2D eigenvalue weighted by Gasteiger charge is -2.37. The Kier molecular flexibility index (Phi) is 4.41. The molecule has 100 valence electrons. The van der Waals surface area contributed by atoms with Crippen LogP contribution in [-0.2, 0) is 0 Å². The van der Waals surface area contributed by atoms with Gasteiger partial charge in [-0.25, -0.2) is 0 Å². The zero-order valence-corrected chi connectivity index (χ0v) is 12.2. The van der Waals surface area contributed by atoms with E-state index < -0.39 is 0 Å². The van der Waals surface area contributed by atoms with Crippen molar-refractivity contribution in [1.82, 2.24) is 10.2 Å². The quantitative estimate of drug-likeness (QED) is 0.859. The van der Waals surface area contributed by atoms with Crippen LogP contribution in [0.2, 0.25) is 0 Å². The summed E-state index contributed by atoms with van der Waals surface area (Å²) in [4.78, 5) is 2.51. The summed E-state index contributed by atoms with van der Waals surface area (Å²) in [6.45, 7) is 5.47. The summed E-state index contributed by atoms with van der Waals surface area (Å²) >= 11 is 0. The average Bonchev–Trinajstić information content (AvgIpc) is 2.27. The molecule has 1 aliphatic rings. The van der Waals surface area contributed by atoms with Gasteiger partial charge in [-0.1, -0.05) is 24.6 Å². The molecule has 1 aliphatic carbocycles. The van der Waals surface area contributed by atoms with Gasteiger partial charge in [0.15, 0.2) is 0 Å². The maximum Gasteiger partial charge on any atom is 0.0446 e. The number of hydrogen-bond donors (Lipinski definition) is 1. The summed E-state index contributed by atoms with van der Waals surface area (Å²) < 4.78 is 0. The minimum absolute atomic E-state index is 0.440. The Morgan fingerprint density at radius 2 is 2.00 bits per heavy atom. The van der Waals surface area contributed by atoms with Crippen LogP contribution in [0.25, 0.3) is 0 Å². The highest BCUT2D eigenvalue weighted by molar-refractivity contribution is 5.31. The molecule has 1 fully saturated rings. The topological polar surface area (TPSA) is 15.3 Å². The first-order valence-corrected chi connectivity index (χ1v) is 7.06. The number of benzene rings is 1. The third-order valence-electron chi connectivity index (χ3n) is 4.45. The van der Waals surface area contributed by atoms with Gasteiger partial charge in [0.1, 0.15) is 0 Å². The van der Waals surface area contributed by atoms with E-state index in [1.54, 1.807) is 0 Å². The minimum Gasteiger partial charge on any atom is -0.312 e. The van der Waals surface area contributed by atoms with Crippen molar-refractivity contribution in [1.29, 1.82) is 0 Å². The van der Waals surface area contributed by atoms with Crippen LogP contribution in [0.4, 0.5) is 0 Å².